The summed E-state index contributed by atoms with van der Waals surface area (Å²) in [4.78, 5) is 3.27. The first-order valence-corrected chi connectivity index (χ1v) is 8.89. The number of hydrogen-bond acceptors (Lipinski definition) is 5. The Kier molecular flexibility index (Phi) is 4.80. The molecule has 0 saturated carbocycles. The molecule has 2 heterocycles. The molecule has 1 N–H and O–H groups in total. The third-order valence-corrected chi connectivity index (χ3v) is 5.24. The molecule has 0 spiro atoms. The molecule has 0 fully saturated rings. The van der Waals surface area contributed by atoms with Crippen LogP contribution in [-0.4, -0.2) is 30.3 Å². The minimum absolute atomic E-state index is 0.164. The van der Waals surface area contributed by atoms with Crippen LogP contribution in [0.1, 0.15) is 30.5 Å². The van der Waals surface area contributed by atoms with Gasteiger partial charge in [-0.3, -0.25) is 0 Å². The van der Waals surface area contributed by atoms with Crippen LogP contribution in [0, 0.1) is 17.5 Å². The van der Waals surface area contributed by atoms with Gasteiger partial charge in [0.1, 0.15) is 23.1 Å². The summed E-state index contributed by atoms with van der Waals surface area (Å²) < 4.78 is 73.7. The van der Waals surface area contributed by atoms with Gasteiger partial charge in [0, 0.05) is 19.7 Å². The number of halogens is 3. The van der Waals surface area contributed by atoms with Crippen molar-refractivity contribution < 1.29 is 26.3 Å². The van der Waals surface area contributed by atoms with Crippen LogP contribution >= 0.6 is 0 Å². The average molecular weight is 376 g/mol. The van der Waals surface area contributed by atoms with Gasteiger partial charge in [0.15, 0.2) is 17.5 Å². The van der Waals surface area contributed by atoms with E-state index in [-0.39, 0.29) is 12.7 Å². The van der Waals surface area contributed by atoms with Crippen molar-refractivity contribution in [2.75, 3.05) is 7.11 Å². The Balaban J connectivity index is 1.91. The molecule has 11 heteroatoms. The van der Waals surface area contributed by atoms with Gasteiger partial charge >= 0.3 is 0 Å². The first-order chi connectivity index (χ1) is 11.8. The highest BCUT2D eigenvalue weighted by Crippen LogP contribution is 2.27. The zero-order chi connectivity index (χ0) is 18.2. The minimum Gasteiger partial charge on any atom is -0.377 e. The molecule has 2 aromatic rings. The highest BCUT2D eigenvalue weighted by Gasteiger charge is 2.31. The summed E-state index contributed by atoms with van der Waals surface area (Å²) in [5.41, 5.74) is 0. The lowest BCUT2D eigenvalue weighted by Gasteiger charge is -2.23. The number of nitrogens with zero attached hydrogens (tertiary/aromatic N) is 3. The van der Waals surface area contributed by atoms with Gasteiger partial charge in [0.05, 0.1) is 6.04 Å². The summed E-state index contributed by atoms with van der Waals surface area (Å²) in [6.07, 6.45) is 1.03. The fourth-order valence-corrected chi connectivity index (χ4v) is 3.96. The SMILES string of the molecule is COCc1nc2n(n1)CCC[C@@H]2NS(=O)(=O)c1cc(F)c(F)cc1F. The molecule has 25 heavy (non-hydrogen) atoms. The Hall–Kier alpha value is -1.98. The number of sulfonamides is 1. The second kappa shape index (κ2) is 6.73. The number of benzene rings is 1. The first-order valence-electron chi connectivity index (χ1n) is 7.41. The van der Waals surface area contributed by atoms with E-state index in [1.807, 2.05) is 0 Å². The molecule has 7 nitrogen and oxygen atoms in total. The van der Waals surface area contributed by atoms with Crippen molar-refractivity contribution in [2.24, 2.45) is 0 Å². The molecule has 0 bridgehead atoms. The quantitative estimate of drug-likeness (QED) is 0.802. The fourth-order valence-electron chi connectivity index (χ4n) is 2.66. The maximum atomic E-state index is 13.8. The Labute approximate surface area is 141 Å². The molecule has 1 aromatic heterocycles. The molecule has 1 aromatic carbocycles. The maximum absolute atomic E-state index is 13.8. The normalized spacial score (nSPS) is 17.5. The number of fused-ring (bicyclic) bond motifs is 1. The van der Waals surface area contributed by atoms with Crippen LogP contribution in [0.3, 0.4) is 0 Å². The number of rotatable bonds is 5. The van der Waals surface area contributed by atoms with Crippen LogP contribution in [-0.2, 0) is 27.9 Å². The van der Waals surface area contributed by atoms with Crippen molar-refractivity contribution in [2.45, 2.75) is 36.9 Å². The summed E-state index contributed by atoms with van der Waals surface area (Å²) in [6.45, 7) is 0.723. The molecular formula is C14H15F3N4O3S. The molecule has 1 aliphatic heterocycles. The third kappa shape index (κ3) is 3.53. The number of ether oxygens (including phenoxy) is 1. The van der Waals surface area contributed by atoms with Crippen molar-refractivity contribution in [3.8, 4) is 0 Å². The molecule has 0 unspecified atom stereocenters. The Morgan fingerprint density at radius 2 is 2.00 bits per heavy atom. The van der Waals surface area contributed by atoms with E-state index in [1.165, 1.54) is 7.11 Å². The molecule has 136 valence electrons. The van der Waals surface area contributed by atoms with Gasteiger partial charge < -0.3 is 4.74 Å². The highest BCUT2D eigenvalue weighted by molar-refractivity contribution is 7.89. The predicted octanol–water partition coefficient (Wildman–Crippen LogP) is 1.66. The molecule has 1 aliphatic rings. The summed E-state index contributed by atoms with van der Waals surface area (Å²) in [5, 5.41) is 4.20. The van der Waals surface area contributed by atoms with Crippen LogP contribution in [0.15, 0.2) is 17.0 Å². The lowest BCUT2D eigenvalue weighted by Crippen LogP contribution is -2.33. The smallest absolute Gasteiger partial charge is 0.244 e. The molecule has 1 atom stereocenters. The van der Waals surface area contributed by atoms with Crippen LogP contribution in [0.2, 0.25) is 0 Å². The van der Waals surface area contributed by atoms with E-state index in [0.717, 1.165) is 0 Å². The van der Waals surface area contributed by atoms with E-state index in [4.69, 9.17) is 4.74 Å². The number of aromatic nitrogens is 3. The van der Waals surface area contributed by atoms with E-state index in [9.17, 15) is 21.6 Å². The molecule has 3 rings (SSSR count). The monoisotopic (exact) mass is 376 g/mol. The van der Waals surface area contributed by atoms with E-state index in [2.05, 4.69) is 14.8 Å². The van der Waals surface area contributed by atoms with Crippen LogP contribution in [0.4, 0.5) is 13.2 Å². The summed E-state index contributed by atoms with van der Waals surface area (Å²) >= 11 is 0. The maximum Gasteiger partial charge on any atom is 0.244 e. The second-order valence-corrected chi connectivity index (χ2v) is 7.24. The number of methoxy groups -OCH3 is 1. The van der Waals surface area contributed by atoms with Gasteiger partial charge in [-0.1, -0.05) is 0 Å². The molecule has 0 amide bonds. The van der Waals surface area contributed by atoms with Crippen molar-refractivity contribution in [3.05, 3.63) is 41.2 Å². The average Bonchev–Trinajstić information content (AvgIpc) is 2.94. The Bertz CT molecular complexity index is 901. The van der Waals surface area contributed by atoms with Crippen LogP contribution in [0.5, 0.6) is 0 Å². The molecular weight excluding hydrogens is 361 g/mol. The van der Waals surface area contributed by atoms with E-state index < -0.39 is 38.4 Å². The number of hydrogen-bond donors (Lipinski definition) is 1. The van der Waals surface area contributed by atoms with Crippen LogP contribution < -0.4 is 4.72 Å². The summed E-state index contributed by atoms with van der Waals surface area (Å²) in [7, 11) is -2.94. The molecule has 0 aliphatic carbocycles. The zero-order valence-electron chi connectivity index (χ0n) is 13.2. The van der Waals surface area contributed by atoms with Crippen LogP contribution in [0.25, 0.3) is 0 Å². The first kappa shape index (κ1) is 17.8. The molecule has 0 radical (unpaired) electrons. The fraction of sp³-hybridized carbons (Fsp3) is 0.429. The molecule has 0 saturated heterocycles. The summed E-state index contributed by atoms with van der Waals surface area (Å²) in [5.74, 6) is -3.52. The Morgan fingerprint density at radius 1 is 1.28 bits per heavy atom. The van der Waals surface area contributed by atoms with E-state index >= 15 is 0 Å². The van der Waals surface area contributed by atoms with Gasteiger partial charge in [-0.25, -0.2) is 36.0 Å². The largest absolute Gasteiger partial charge is 0.377 e. The second-order valence-electron chi connectivity index (χ2n) is 5.56. The third-order valence-electron chi connectivity index (χ3n) is 3.75. The minimum atomic E-state index is -4.42. The zero-order valence-corrected chi connectivity index (χ0v) is 14.0. The van der Waals surface area contributed by atoms with Crippen molar-refractivity contribution in [3.63, 3.8) is 0 Å². The Morgan fingerprint density at radius 3 is 2.72 bits per heavy atom. The van der Waals surface area contributed by atoms with Gasteiger partial charge in [-0.15, -0.1) is 0 Å². The van der Waals surface area contributed by atoms with Gasteiger partial charge in [0.25, 0.3) is 0 Å². The predicted molar refractivity (Wildman–Crippen MR) is 79.3 cm³/mol. The van der Waals surface area contributed by atoms with Crippen molar-refractivity contribution in [1.29, 1.82) is 0 Å². The standard InChI is InChI=1S/C14H15F3N4O3S/c1-24-7-13-18-14-11(3-2-4-21(14)19-13)20-25(22,23)12-6-9(16)8(15)5-10(12)17/h5-6,11,20H,2-4,7H2,1H3/t11-/m0/s1. The topological polar surface area (TPSA) is 86.1 Å². The number of nitrogens with one attached hydrogen (secondary N) is 1. The van der Waals surface area contributed by atoms with E-state index in [1.54, 1.807) is 4.68 Å². The highest BCUT2D eigenvalue weighted by atomic mass is 32.2. The summed E-state index contributed by atoms with van der Waals surface area (Å²) in [6, 6.07) is -0.245. The van der Waals surface area contributed by atoms with Crippen molar-refractivity contribution >= 4 is 10.0 Å². The number of aryl methyl sites for hydroxylation is 1. The van der Waals surface area contributed by atoms with Crippen molar-refractivity contribution in [1.82, 2.24) is 19.5 Å². The van der Waals surface area contributed by atoms with E-state index in [0.29, 0.717) is 37.1 Å². The lowest BCUT2D eigenvalue weighted by atomic mass is 10.1. The lowest BCUT2D eigenvalue weighted by molar-refractivity contribution is 0.177. The van der Waals surface area contributed by atoms with Gasteiger partial charge in [-0.2, -0.15) is 5.10 Å². The van der Waals surface area contributed by atoms with Gasteiger partial charge in [0.2, 0.25) is 10.0 Å². The van der Waals surface area contributed by atoms with Gasteiger partial charge in [-0.05, 0) is 18.9 Å².